The third kappa shape index (κ3) is 3.11. The zero-order chi connectivity index (χ0) is 18.4. The van der Waals surface area contributed by atoms with Crippen LogP contribution < -0.4 is 0 Å². The lowest BCUT2D eigenvalue weighted by atomic mass is 10.2. The summed E-state index contributed by atoms with van der Waals surface area (Å²) in [5, 5.41) is 2.87. The van der Waals surface area contributed by atoms with Crippen molar-refractivity contribution >= 4 is 33.3 Å². The van der Waals surface area contributed by atoms with E-state index in [0.29, 0.717) is 5.82 Å². The maximum atomic E-state index is 4.91. The molecule has 1 aliphatic rings. The molecule has 1 aliphatic carbocycles. The maximum Gasteiger partial charge on any atom is 0.194 e. The van der Waals surface area contributed by atoms with Gasteiger partial charge in [0.1, 0.15) is 9.86 Å². The van der Waals surface area contributed by atoms with Crippen LogP contribution in [0, 0.1) is 13.8 Å². The number of fused-ring (bicyclic) bond motifs is 3. The molecule has 0 N–H and O–H groups in total. The predicted octanol–water partition coefficient (Wildman–Crippen LogP) is 4.80. The lowest BCUT2D eigenvalue weighted by Gasteiger charge is -2.07. The normalized spacial score (nSPS) is 13.3. The average Bonchev–Trinajstić information content (AvgIpc) is 3.22. The van der Waals surface area contributed by atoms with Crippen LogP contribution in [0.1, 0.15) is 28.2 Å². The molecule has 0 atom stereocenters. The molecular weight excluding hydrogens is 374 g/mol. The largest absolute Gasteiger partial charge is 0.264 e. The lowest BCUT2D eigenvalue weighted by Crippen LogP contribution is -1.97. The van der Waals surface area contributed by atoms with Gasteiger partial charge in [0.15, 0.2) is 11.0 Å². The SMILES string of the molecule is Cc1cc(C)nc(Sc2nc(-c3cccnc3)nc3sc4c(c23)CCC4)n1. The molecule has 7 heteroatoms. The highest BCUT2D eigenvalue weighted by Gasteiger charge is 2.23. The summed E-state index contributed by atoms with van der Waals surface area (Å²) in [5.41, 5.74) is 4.28. The molecule has 27 heavy (non-hydrogen) atoms. The minimum Gasteiger partial charge on any atom is -0.264 e. The third-order valence-corrected chi connectivity index (χ3v) is 6.64. The Morgan fingerprint density at radius 2 is 1.89 bits per heavy atom. The highest BCUT2D eigenvalue weighted by atomic mass is 32.2. The van der Waals surface area contributed by atoms with Crippen molar-refractivity contribution in [3.8, 4) is 11.4 Å². The van der Waals surface area contributed by atoms with Crippen LogP contribution in [0.5, 0.6) is 0 Å². The highest BCUT2D eigenvalue weighted by molar-refractivity contribution is 7.99. The smallest absolute Gasteiger partial charge is 0.194 e. The summed E-state index contributed by atoms with van der Waals surface area (Å²) >= 11 is 3.34. The molecule has 0 saturated heterocycles. The van der Waals surface area contributed by atoms with Gasteiger partial charge in [-0.25, -0.2) is 19.9 Å². The van der Waals surface area contributed by atoms with Gasteiger partial charge < -0.3 is 0 Å². The number of aryl methyl sites for hydroxylation is 4. The monoisotopic (exact) mass is 391 g/mol. The summed E-state index contributed by atoms with van der Waals surface area (Å²) in [4.78, 5) is 25.7. The Balaban J connectivity index is 1.70. The van der Waals surface area contributed by atoms with Crippen LogP contribution in [0.2, 0.25) is 0 Å². The van der Waals surface area contributed by atoms with Crippen molar-refractivity contribution < 1.29 is 0 Å². The third-order valence-electron chi connectivity index (χ3n) is 4.60. The molecule has 0 amide bonds. The minimum absolute atomic E-state index is 0.711. The molecule has 4 aromatic rings. The zero-order valence-corrected chi connectivity index (χ0v) is 16.7. The van der Waals surface area contributed by atoms with Crippen molar-refractivity contribution in [3.63, 3.8) is 0 Å². The first kappa shape index (κ1) is 16.8. The second-order valence-corrected chi connectivity index (χ2v) is 8.71. The predicted molar refractivity (Wildman–Crippen MR) is 108 cm³/mol. The maximum absolute atomic E-state index is 4.91. The van der Waals surface area contributed by atoms with E-state index in [-0.39, 0.29) is 0 Å². The lowest BCUT2D eigenvalue weighted by molar-refractivity contribution is 0.898. The van der Waals surface area contributed by atoms with E-state index in [4.69, 9.17) is 9.97 Å². The van der Waals surface area contributed by atoms with E-state index in [1.165, 1.54) is 34.0 Å². The number of rotatable bonds is 3. The second kappa shape index (κ2) is 6.65. The van der Waals surface area contributed by atoms with Gasteiger partial charge in [0.05, 0.1) is 0 Å². The summed E-state index contributed by atoms with van der Waals surface area (Å²) in [6.07, 6.45) is 7.03. The summed E-state index contributed by atoms with van der Waals surface area (Å²) in [5.74, 6) is 0.711. The molecule has 5 nitrogen and oxygen atoms in total. The summed E-state index contributed by atoms with van der Waals surface area (Å²) in [6, 6.07) is 5.90. The molecule has 5 rings (SSSR count). The van der Waals surface area contributed by atoms with Gasteiger partial charge in [0, 0.05) is 39.6 Å². The zero-order valence-electron chi connectivity index (χ0n) is 15.1. The van der Waals surface area contributed by atoms with Crippen molar-refractivity contribution in [2.45, 2.75) is 43.3 Å². The molecule has 0 bridgehead atoms. The topological polar surface area (TPSA) is 64.5 Å². The van der Waals surface area contributed by atoms with Crippen molar-refractivity contribution in [3.05, 3.63) is 52.4 Å². The van der Waals surface area contributed by atoms with Crippen LogP contribution in [0.4, 0.5) is 0 Å². The standard InChI is InChI=1S/C20H17N5S2/c1-11-9-12(2)23-20(22-11)27-19-16-14-6-3-7-15(14)26-18(16)24-17(25-19)13-5-4-8-21-10-13/h4-5,8-10H,3,6-7H2,1-2H3. The number of pyridine rings is 1. The van der Waals surface area contributed by atoms with Crippen molar-refractivity contribution in [1.29, 1.82) is 0 Å². The minimum atomic E-state index is 0.711. The molecule has 0 aromatic carbocycles. The Hall–Kier alpha value is -2.38. The number of aromatic nitrogens is 5. The molecule has 0 aliphatic heterocycles. The van der Waals surface area contributed by atoms with Crippen LogP contribution >= 0.6 is 23.1 Å². The van der Waals surface area contributed by atoms with Gasteiger partial charge >= 0.3 is 0 Å². The van der Waals surface area contributed by atoms with Crippen molar-refractivity contribution in [2.75, 3.05) is 0 Å². The number of hydrogen-bond donors (Lipinski definition) is 0. The Morgan fingerprint density at radius 3 is 2.67 bits per heavy atom. The van der Waals surface area contributed by atoms with Crippen molar-refractivity contribution in [2.24, 2.45) is 0 Å². The van der Waals surface area contributed by atoms with Gasteiger partial charge in [-0.05, 0) is 68.6 Å². The van der Waals surface area contributed by atoms with Crippen LogP contribution in [-0.4, -0.2) is 24.9 Å². The average molecular weight is 392 g/mol. The first-order valence-corrected chi connectivity index (χ1v) is 10.5. The Kier molecular flexibility index (Phi) is 4.13. The molecule has 0 spiro atoms. The number of nitrogens with zero attached hydrogens (tertiary/aromatic N) is 5. The van der Waals surface area contributed by atoms with E-state index in [1.807, 2.05) is 38.2 Å². The second-order valence-electron chi connectivity index (χ2n) is 6.67. The first-order valence-electron chi connectivity index (χ1n) is 8.90. The number of thiophene rings is 1. The Labute approximate surface area is 165 Å². The van der Waals surface area contributed by atoms with Gasteiger partial charge in [-0.2, -0.15) is 0 Å². The number of hydrogen-bond acceptors (Lipinski definition) is 7. The van der Waals surface area contributed by atoms with E-state index < -0.39 is 0 Å². The van der Waals surface area contributed by atoms with Crippen LogP contribution in [0.3, 0.4) is 0 Å². The fourth-order valence-electron chi connectivity index (χ4n) is 3.49. The van der Waals surface area contributed by atoms with Crippen molar-refractivity contribution in [1.82, 2.24) is 24.9 Å². The molecule has 134 valence electrons. The molecule has 0 unspecified atom stereocenters. The van der Waals surface area contributed by atoms with E-state index in [9.17, 15) is 0 Å². The molecule has 0 fully saturated rings. The van der Waals surface area contributed by atoms with Crippen LogP contribution in [0.15, 0.2) is 40.8 Å². The van der Waals surface area contributed by atoms with E-state index in [0.717, 1.165) is 44.8 Å². The van der Waals surface area contributed by atoms with Crippen LogP contribution in [-0.2, 0) is 12.8 Å². The molecule has 0 saturated carbocycles. The summed E-state index contributed by atoms with van der Waals surface area (Å²) < 4.78 is 0. The Morgan fingerprint density at radius 1 is 1.04 bits per heavy atom. The van der Waals surface area contributed by atoms with Gasteiger partial charge in [-0.15, -0.1) is 11.3 Å². The fourth-order valence-corrected chi connectivity index (χ4v) is 5.82. The summed E-state index contributed by atoms with van der Waals surface area (Å²) in [6.45, 7) is 4.00. The van der Waals surface area contributed by atoms with Gasteiger partial charge in [0.25, 0.3) is 0 Å². The van der Waals surface area contributed by atoms with E-state index >= 15 is 0 Å². The quantitative estimate of drug-likeness (QED) is 0.369. The van der Waals surface area contributed by atoms with Gasteiger partial charge in [0.2, 0.25) is 0 Å². The van der Waals surface area contributed by atoms with E-state index in [1.54, 1.807) is 17.5 Å². The fraction of sp³-hybridized carbons (Fsp3) is 0.250. The molecule has 4 aromatic heterocycles. The van der Waals surface area contributed by atoms with Crippen LogP contribution in [0.25, 0.3) is 21.6 Å². The summed E-state index contributed by atoms with van der Waals surface area (Å²) in [7, 11) is 0. The Bertz CT molecular complexity index is 1130. The molecule has 4 heterocycles. The van der Waals surface area contributed by atoms with E-state index in [2.05, 4.69) is 15.0 Å². The molecule has 0 radical (unpaired) electrons. The van der Waals surface area contributed by atoms with Gasteiger partial charge in [-0.1, -0.05) is 0 Å². The van der Waals surface area contributed by atoms with Gasteiger partial charge in [-0.3, -0.25) is 4.98 Å². The highest BCUT2D eigenvalue weighted by Crippen LogP contribution is 2.42. The molecular formula is C20H17N5S2. The first-order chi connectivity index (χ1) is 13.2.